The number of aryl methyl sites for hydroxylation is 1. The molecular weight excluding hydrogens is 603 g/mol. The molecule has 8 rings (SSSR count). The van der Waals surface area contributed by atoms with Gasteiger partial charge in [0.25, 0.3) is 5.91 Å². The summed E-state index contributed by atoms with van der Waals surface area (Å²) < 4.78 is 52.9. The maximum atomic E-state index is 14.7. The summed E-state index contributed by atoms with van der Waals surface area (Å²) in [6.07, 6.45) is 3.87. The van der Waals surface area contributed by atoms with Crippen LogP contribution in [0.4, 0.5) is 24.0 Å². The van der Waals surface area contributed by atoms with Crippen molar-refractivity contribution >= 4 is 39.0 Å². The van der Waals surface area contributed by atoms with E-state index in [2.05, 4.69) is 24.8 Å². The highest BCUT2D eigenvalue weighted by Gasteiger charge is 2.50. The number of imidazole rings is 1. The van der Waals surface area contributed by atoms with Gasteiger partial charge in [0, 0.05) is 53.2 Å². The van der Waals surface area contributed by atoms with Crippen molar-refractivity contribution in [3.8, 4) is 11.1 Å². The van der Waals surface area contributed by atoms with Crippen molar-refractivity contribution in [2.45, 2.75) is 50.4 Å². The van der Waals surface area contributed by atoms with Crippen LogP contribution in [0.1, 0.15) is 47.8 Å². The number of nitrogens with one attached hydrogen (secondary N) is 1. The van der Waals surface area contributed by atoms with E-state index in [0.29, 0.717) is 40.7 Å². The Morgan fingerprint density at radius 1 is 1.11 bits per heavy atom. The monoisotopic (exact) mass is 633 g/mol. The lowest BCUT2D eigenvalue weighted by Gasteiger charge is -2.29. The summed E-state index contributed by atoms with van der Waals surface area (Å²) in [5.41, 5.74) is 3.58. The Morgan fingerprint density at radius 2 is 1.89 bits per heavy atom. The Labute approximate surface area is 260 Å². The molecule has 5 heterocycles. The van der Waals surface area contributed by atoms with Gasteiger partial charge >= 0.3 is 6.18 Å². The van der Waals surface area contributed by atoms with E-state index in [4.69, 9.17) is 9.84 Å². The number of anilines is 2. The number of benzene rings is 2. The maximum Gasteiger partial charge on any atom is 0.417 e. The van der Waals surface area contributed by atoms with Crippen molar-refractivity contribution in [2.24, 2.45) is 0 Å². The van der Waals surface area contributed by atoms with Crippen molar-refractivity contribution in [1.29, 1.82) is 0 Å². The summed E-state index contributed by atoms with van der Waals surface area (Å²) in [6.45, 7) is 4.58. The minimum atomic E-state index is -4.64. The van der Waals surface area contributed by atoms with Crippen LogP contribution in [0.2, 0.25) is 0 Å². The topological polar surface area (TPSA) is 90.1 Å². The van der Waals surface area contributed by atoms with Gasteiger partial charge in [0.15, 0.2) is 11.2 Å². The standard InChI is InChI=1S/C32H30F3N7O2S/c1-19-22(20-2-4-21(5-3-20)40-11-13-44-14-12-40)16-24(32(33,34)35)23-17-42(39-26(19)23)28(29(43)38-30-36-10-15-45-30)27-25-6-7-31(8-9-31)41(25)18-37-27/h2-5,10,15-18,28H,6-9,11-14H2,1H3,(H,36,38,43). The van der Waals surface area contributed by atoms with Gasteiger partial charge in [0.2, 0.25) is 0 Å². The fraction of sp³-hybridized carbons (Fsp3) is 0.375. The lowest BCUT2D eigenvalue weighted by atomic mass is 9.94. The SMILES string of the molecule is Cc1c(-c2ccc(N3CCOCC3)cc2)cc(C(F)(F)F)c2cn(C(C(=O)Nc3nccs3)c3ncn4c3CCC43CC3)nc12. The number of morpholine rings is 1. The highest BCUT2D eigenvalue weighted by atomic mass is 32.1. The lowest BCUT2D eigenvalue weighted by molar-refractivity contribution is -0.136. The maximum absolute atomic E-state index is 14.7. The first-order valence-corrected chi connectivity index (χ1v) is 15.9. The van der Waals surface area contributed by atoms with Crippen molar-refractivity contribution in [3.63, 3.8) is 0 Å². The highest BCUT2D eigenvalue weighted by Crippen LogP contribution is 2.53. The van der Waals surface area contributed by atoms with E-state index < -0.39 is 23.7 Å². The number of hydrogen-bond donors (Lipinski definition) is 1. The van der Waals surface area contributed by atoms with Gasteiger partial charge in [-0.15, -0.1) is 11.3 Å². The number of hydrogen-bond acceptors (Lipinski definition) is 7. The number of aromatic nitrogens is 5. The molecule has 1 unspecified atom stereocenters. The summed E-state index contributed by atoms with van der Waals surface area (Å²) in [6, 6.07) is 7.68. The second-order valence-electron chi connectivity index (χ2n) is 12.0. The third-order valence-corrected chi connectivity index (χ3v) is 10.1. The van der Waals surface area contributed by atoms with Crippen molar-refractivity contribution in [1.82, 2.24) is 24.3 Å². The predicted octanol–water partition coefficient (Wildman–Crippen LogP) is 6.18. The highest BCUT2D eigenvalue weighted by molar-refractivity contribution is 7.13. The van der Waals surface area contributed by atoms with Crippen LogP contribution in [0, 0.1) is 6.92 Å². The zero-order valence-corrected chi connectivity index (χ0v) is 25.3. The molecule has 232 valence electrons. The Morgan fingerprint density at radius 3 is 2.58 bits per heavy atom. The molecule has 1 N–H and O–H groups in total. The summed E-state index contributed by atoms with van der Waals surface area (Å²) in [5, 5.41) is 9.63. The van der Waals surface area contributed by atoms with Gasteiger partial charge in [-0.2, -0.15) is 18.3 Å². The van der Waals surface area contributed by atoms with Gasteiger partial charge in [-0.25, -0.2) is 9.97 Å². The molecule has 1 atom stereocenters. The zero-order valence-electron chi connectivity index (χ0n) is 24.5. The molecular formula is C32H30F3N7O2S. The number of carbonyl (C=O) groups is 1. The Bertz CT molecular complexity index is 1900. The predicted molar refractivity (Wildman–Crippen MR) is 165 cm³/mol. The average Bonchev–Trinajstić information content (AvgIpc) is 3.44. The lowest BCUT2D eigenvalue weighted by Crippen LogP contribution is -2.36. The van der Waals surface area contributed by atoms with Gasteiger partial charge in [0.1, 0.15) is 0 Å². The summed E-state index contributed by atoms with van der Waals surface area (Å²) in [4.78, 5) is 24.9. The van der Waals surface area contributed by atoms with Gasteiger partial charge in [-0.3, -0.25) is 14.8 Å². The van der Waals surface area contributed by atoms with Crippen molar-refractivity contribution in [2.75, 3.05) is 36.5 Å². The molecule has 2 aliphatic heterocycles. The molecule has 3 aliphatic rings. The fourth-order valence-corrected chi connectivity index (χ4v) is 7.40. The summed E-state index contributed by atoms with van der Waals surface area (Å²) >= 11 is 1.26. The van der Waals surface area contributed by atoms with E-state index in [1.165, 1.54) is 28.3 Å². The molecule has 1 saturated carbocycles. The average molecular weight is 634 g/mol. The molecule has 9 nitrogen and oxygen atoms in total. The van der Waals surface area contributed by atoms with Crippen molar-refractivity contribution < 1.29 is 22.7 Å². The Balaban J connectivity index is 1.24. The molecule has 2 aromatic carbocycles. The smallest absolute Gasteiger partial charge is 0.378 e. The molecule has 2 fully saturated rings. The van der Waals surface area contributed by atoms with E-state index in [1.54, 1.807) is 24.8 Å². The second-order valence-corrected chi connectivity index (χ2v) is 12.9. The number of ether oxygens (including phenoxy) is 1. The van der Waals surface area contributed by atoms with Gasteiger partial charge in [-0.1, -0.05) is 12.1 Å². The van der Waals surface area contributed by atoms with Crippen LogP contribution in [-0.2, 0) is 27.7 Å². The van der Waals surface area contributed by atoms with Gasteiger partial charge < -0.3 is 14.2 Å². The number of amides is 1. The van der Waals surface area contributed by atoms with Crippen LogP contribution in [0.5, 0.6) is 0 Å². The minimum Gasteiger partial charge on any atom is -0.378 e. The number of fused-ring (bicyclic) bond motifs is 3. The summed E-state index contributed by atoms with van der Waals surface area (Å²) in [7, 11) is 0. The van der Waals surface area contributed by atoms with E-state index in [-0.39, 0.29) is 16.4 Å². The molecule has 1 amide bonds. The minimum absolute atomic E-state index is 0.0536. The fourth-order valence-electron chi connectivity index (χ4n) is 6.87. The van der Waals surface area contributed by atoms with Crippen LogP contribution >= 0.6 is 11.3 Å². The van der Waals surface area contributed by atoms with Crippen LogP contribution in [0.15, 0.2) is 54.4 Å². The van der Waals surface area contributed by atoms with Crippen LogP contribution in [0.25, 0.3) is 22.0 Å². The number of alkyl halides is 3. The number of rotatable bonds is 6. The zero-order chi connectivity index (χ0) is 30.9. The molecule has 13 heteroatoms. The first-order valence-electron chi connectivity index (χ1n) is 15.0. The Hall–Kier alpha value is -4.23. The van der Waals surface area contributed by atoms with E-state index in [0.717, 1.165) is 50.2 Å². The van der Waals surface area contributed by atoms with E-state index in [9.17, 15) is 18.0 Å². The van der Waals surface area contributed by atoms with Gasteiger partial charge in [0.05, 0.1) is 36.3 Å². The molecule has 45 heavy (non-hydrogen) atoms. The molecule has 1 spiro atoms. The van der Waals surface area contributed by atoms with Crippen LogP contribution in [-0.4, -0.2) is 56.5 Å². The van der Waals surface area contributed by atoms with Crippen molar-refractivity contribution in [3.05, 3.63) is 76.9 Å². The first-order chi connectivity index (χ1) is 21.7. The number of carbonyl (C=O) groups excluding carboxylic acids is 1. The number of nitrogens with zero attached hydrogens (tertiary/aromatic N) is 6. The molecule has 3 aromatic heterocycles. The Kier molecular flexibility index (Phi) is 6.54. The largest absolute Gasteiger partial charge is 0.417 e. The molecule has 1 aliphatic carbocycles. The summed E-state index contributed by atoms with van der Waals surface area (Å²) in [5.74, 6) is -0.457. The first kappa shape index (κ1) is 28.3. The number of halogens is 3. The third kappa shape index (κ3) is 4.80. The van der Waals surface area contributed by atoms with Crippen LogP contribution in [0.3, 0.4) is 0 Å². The van der Waals surface area contributed by atoms with Crippen LogP contribution < -0.4 is 10.2 Å². The quantitative estimate of drug-likeness (QED) is 0.240. The van der Waals surface area contributed by atoms with E-state index >= 15 is 0 Å². The normalized spacial score (nSPS) is 18.0. The van der Waals surface area contributed by atoms with E-state index in [1.807, 2.05) is 24.3 Å². The third-order valence-electron chi connectivity index (χ3n) is 9.43. The molecule has 0 radical (unpaired) electrons. The second kappa shape index (κ2) is 10.4. The number of thiazole rings is 1. The van der Waals surface area contributed by atoms with Gasteiger partial charge in [-0.05, 0) is 67.5 Å². The molecule has 1 saturated heterocycles. The molecule has 5 aromatic rings. The molecule has 0 bridgehead atoms.